The average molecular weight is 234 g/mol. The number of hydrogen-bond acceptors (Lipinski definition) is 3. The van der Waals surface area contributed by atoms with Gasteiger partial charge in [-0.1, -0.05) is 6.07 Å². The standard InChI is InChI=1S/C10H12O3S.Na/c1-13-9-4-7-2-3-10(14(11)12)6-8(7)5-9;/h2-3,6,9H,4-5H2,1H3,(H,11,12);/q;+1/p-1. The molecule has 0 aromatic heterocycles. The summed E-state index contributed by atoms with van der Waals surface area (Å²) < 4.78 is 26.7. The van der Waals surface area contributed by atoms with Gasteiger partial charge in [0.15, 0.2) is 0 Å². The van der Waals surface area contributed by atoms with Crippen molar-refractivity contribution in [1.29, 1.82) is 0 Å². The number of hydrogen-bond donors (Lipinski definition) is 0. The molecule has 2 atom stereocenters. The average Bonchev–Trinajstić information content (AvgIpc) is 2.58. The van der Waals surface area contributed by atoms with Crippen LogP contribution in [0.15, 0.2) is 23.1 Å². The van der Waals surface area contributed by atoms with Gasteiger partial charge in [0, 0.05) is 12.0 Å². The molecule has 0 bridgehead atoms. The summed E-state index contributed by atoms with van der Waals surface area (Å²) in [5.41, 5.74) is 2.30. The molecule has 0 saturated carbocycles. The molecule has 0 spiro atoms. The van der Waals surface area contributed by atoms with Crippen molar-refractivity contribution in [1.82, 2.24) is 0 Å². The van der Waals surface area contributed by atoms with Gasteiger partial charge in [0.1, 0.15) is 0 Å². The maximum Gasteiger partial charge on any atom is 1.00 e. The van der Waals surface area contributed by atoms with Crippen molar-refractivity contribution >= 4 is 11.1 Å². The summed E-state index contributed by atoms with van der Waals surface area (Å²) in [6, 6.07) is 5.25. The van der Waals surface area contributed by atoms with Crippen LogP contribution in [0.3, 0.4) is 0 Å². The van der Waals surface area contributed by atoms with Crippen molar-refractivity contribution in [3.63, 3.8) is 0 Å². The van der Waals surface area contributed by atoms with Gasteiger partial charge in [-0.25, -0.2) is 0 Å². The Morgan fingerprint density at radius 1 is 1.40 bits per heavy atom. The van der Waals surface area contributed by atoms with Crippen molar-refractivity contribution in [2.45, 2.75) is 23.8 Å². The molecule has 0 aliphatic heterocycles. The fraction of sp³-hybridized carbons (Fsp3) is 0.400. The molecule has 1 aromatic carbocycles. The first-order valence-electron chi connectivity index (χ1n) is 4.44. The Labute approximate surface area is 114 Å². The van der Waals surface area contributed by atoms with Crippen LogP contribution < -0.4 is 29.6 Å². The molecule has 3 nitrogen and oxygen atoms in total. The third-order valence-corrected chi connectivity index (χ3v) is 3.24. The summed E-state index contributed by atoms with van der Waals surface area (Å²) in [5, 5.41) is 0. The van der Waals surface area contributed by atoms with Crippen LogP contribution in [0.5, 0.6) is 0 Å². The van der Waals surface area contributed by atoms with Gasteiger partial charge in [-0.3, -0.25) is 4.21 Å². The molecule has 0 N–H and O–H groups in total. The Bertz CT molecular complexity index is 381. The van der Waals surface area contributed by atoms with E-state index in [4.69, 9.17) is 4.74 Å². The molecule has 0 saturated heterocycles. The van der Waals surface area contributed by atoms with Crippen LogP contribution in [-0.2, 0) is 28.7 Å². The molecule has 76 valence electrons. The van der Waals surface area contributed by atoms with Crippen LogP contribution in [0.4, 0.5) is 0 Å². The zero-order valence-corrected chi connectivity index (χ0v) is 11.7. The Morgan fingerprint density at radius 2 is 2.07 bits per heavy atom. The van der Waals surface area contributed by atoms with E-state index in [1.807, 2.05) is 6.07 Å². The van der Waals surface area contributed by atoms with Gasteiger partial charge in [-0.2, -0.15) is 0 Å². The molecule has 0 radical (unpaired) electrons. The van der Waals surface area contributed by atoms with Gasteiger partial charge >= 0.3 is 29.6 Å². The van der Waals surface area contributed by atoms with Crippen LogP contribution in [0.2, 0.25) is 0 Å². The van der Waals surface area contributed by atoms with Crippen LogP contribution in [-0.4, -0.2) is 22.0 Å². The molecule has 0 amide bonds. The Balaban J connectivity index is 0.00000112. The molecular weight excluding hydrogens is 223 g/mol. The normalized spacial score (nSPS) is 20.5. The SMILES string of the molecule is COC1Cc2ccc(S(=O)[O-])cc2C1.[Na+]. The van der Waals surface area contributed by atoms with Gasteiger partial charge in [0.2, 0.25) is 0 Å². The van der Waals surface area contributed by atoms with Gasteiger partial charge in [0.05, 0.1) is 6.10 Å². The number of rotatable bonds is 2. The van der Waals surface area contributed by atoms with E-state index in [2.05, 4.69) is 0 Å². The molecule has 0 heterocycles. The van der Waals surface area contributed by atoms with E-state index in [1.165, 1.54) is 5.56 Å². The molecule has 1 aliphatic carbocycles. The maximum absolute atomic E-state index is 10.7. The van der Waals surface area contributed by atoms with E-state index in [1.54, 1.807) is 19.2 Å². The Hall–Kier alpha value is 0.290. The summed E-state index contributed by atoms with van der Waals surface area (Å²) in [7, 11) is 1.68. The summed E-state index contributed by atoms with van der Waals surface area (Å²) in [6.07, 6.45) is 1.91. The predicted molar refractivity (Wildman–Crippen MR) is 51.8 cm³/mol. The van der Waals surface area contributed by atoms with Crippen molar-refractivity contribution in [2.75, 3.05) is 7.11 Å². The van der Waals surface area contributed by atoms with Crippen molar-refractivity contribution in [2.24, 2.45) is 0 Å². The summed E-state index contributed by atoms with van der Waals surface area (Å²) in [6.45, 7) is 0. The Kier molecular flexibility index (Phi) is 4.96. The second-order valence-electron chi connectivity index (χ2n) is 3.43. The second-order valence-corrected chi connectivity index (χ2v) is 4.37. The number of ether oxygens (including phenoxy) is 1. The monoisotopic (exact) mass is 234 g/mol. The molecule has 1 aliphatic rings. The summed E-state index contributed by atoms with van der Waals surface area (Å²) >= 11 is -2.13. The smallest absolute Gasteiger partial charge is 0.768 e. The molecule has 15 heavy (non-hydrogen) atoms. The van der Waals surface area contributed by atoms with Crippen LogP contribution in [0, 0.1) is 0 Å². The fourth-order valence-electron chi connectivity index (χ4n) is 1.82. The largest absolute Gasteiger partial charge is 1.00 e. The molecule has 2 rings (SSSR count). The molecular formula is C10H11NaO3S. The molecule has 5 heteroatoms. The van der Waals surface area contributed by atoms with Crippen molar-refractivity contribution in [3.05, 3.63) is 29.3 Å². The van der Waals surface area contributed by atoms with Gasteiger partial charge in [-0.05, 0) is 47.2 Å². The van der Waals surface area contributed by atoms with E-state index in [0.29, 0.717) is 4.90 Å². The minimum Gasteiger partial charge on any atom is -0.768 e. The van der Waals surface area contributed by atoms with Crippen molar-refractivity contribution < 1.29 is 43.1 Å². The maximum atomic E-state index is 10.7. The van der Waals surface area contributed by atoms with Gasteiger partial charge < -0.3 is 9.29 Å². The van der Waals surface area contributed by atoms with Crippen molar-refractivity contribution in [3.8, 4) is 0 Å². The van der Waals surface area contributed by atoms with E-state index < -0.39 is 11.1 Å². The zero-order valence-electron chi connectivity index (χ0n) is 8.86. The number of benzene rings is 1. The van der Waals surface area contributed by atoms with Gasteiger partial charge in [0.25, 0.3) is 0 Å². The van der Waals surface area contributed by atoms with E-state index >= 15 is 0 Å². The van der Waals surface area contributed by atoms with E-state index in [-0.39, 0.29) is 35.7 Å². The second kappa shape index (κ2) is 5.57. The molecule has 0 fully saturated rings. The first-order chi connectivity index (χ1) is 6.70. The van der Waals surface area contributed by atoms with Crippen LogP contribution in [0.1, 0.15) is 11.1 Å². The first-order valence-corrected chi connectivity index (χ1v) is 5.52. The molecule has 1 aromatic rings. The molecule has 2 unspecified atom stereocenters. The third-order valence-electron chi connectivity index (χ3n) is 2.60. The van der Waals surface area contributed by atoms with Crippen LogP contribution >= 0.6 is 0 Å². The first kappa shape index (κ1) is 13.4. The van der Waals surface area contributed by atoms with Gasteiger partial charge in [-0.15, -0.1) is 0 Å². The third kappa shape index (κ3) is 2.90. The quantitative estimate of drug-likeness (QED) is 0.441. The van der Waals surface area contributed by atoms with E-state index in [0.717, 1.165) is 18.4 Å². The predicted octanol–water partition coefficient (Wildman–Crippen LogP) is -1.96. The fourth-order valence-corrected chi connectivity index (χ4v) is 2.24. The summed E-state index contributed by atoms with van der Waals surface area (Å²) in [5.74, 6) is 0. The van der Waals surface area contributed by atoms with Crippen LogP contribution in [0.25, 0.3) is 0 Å². The van der Waals surface area contributed by atoms with E-state index in [9.17, 15) is 8.76 Å². The Morgan fingerprint density at radius 3 is 2.67 bits per heavy atom. The zero-order chi connectivity index (χ0) is 10.1. The number of fused-ring (bicyclic) bond motifs is 1. The minimum absolute atomic E-state index is 0. The summed E-state index contributed by atoms with van der Waals surface area (Å²) in [4.78, 5) is 0.362. The minimum atomic E-state index is -2.13. The topological polar surface area (TPSA) is 49.4 Å². The number of methoxy groups -OCH3 is 1.